The standard InChI is InChI=1S/C4H3S.Cu/c1-2-4-5-3-1;/h1-3H;. The second-order valence-corrected chi connectivity index (χ2v) is 1.47. The summed E-state index contributed by atoms with van der Waals surface area (Å²) in [5, 5.41) is 4.89. The minimum Gasteiger partial charge on any atom is -0.143 e. The van der Waals surface area contributed by atoms with Gasteiger partial charge in [-0.2, -0.15) is 0 Å². The average Bonchev–Trinajstić information content (AvgIpc) is 1.76. The van der Waals surface area contributed by atoms with Crippen molar-refractivity contribution < 1.29 is 17.1 Å². The first-order valence-corrected chi connectivity index (χ1v) is 2.27. The van der Waals surface area contributed by atoms with Gasteiger partial charge in [0.25, 0.3) is 0 Å². The van der Waals surface area contributed by atoms with Crippen LogP contribution in [0.1, 0.15) is 0 Å². The summed E-state index contributed by atoms with van der Waals surface area (Å²) in [7, 11) is 0. The summed E-state index contributed by atoms with van der Waals surface area (Å²) in [6.07, 6.45) is 0. The molecule has 0 aliphatic carbocycles. The Morgan fingerprint density at radius 3 is 2.50 bits per heavy atom. The maximum absolute atomic E-state index is 2.90. The van der Waals surface area contributed by atoms with Crippen molar-refractivity contribution in [2.75, 3.05) is 0 Å². The number of hydrogen-bond acceptors (Lipinski definition) is 1. The Balaban J connectivity index is 0.000000250. The van der Waals surface area contributed by atoms with Gasteiger partial charge in [0.05, 0.1) is 0 Å². The van der Waals surface area contributed by atoms with Crippen LogP contribution < -0.4 is 0 Å². The second kappa shape index (κ2) is 3.41. The molecule has 1 rings (SSSR count). The van der Waals surface area contributed by atoms with Crippen molar-refractivity contribution in [1.82, 2.24) is 0 Å². The molecule has 0 spiro atoms. The molecule has 0 saturated carbocycles. The average molecular weight is 147 g/mol. The third-order valence-corrected chi connectivity index (χ3v) is 0.944. The molecule has 0 aliphatic rings. The molecule has 2 radical (unpaired) electrons. The van der Waals surface area contributed by atoms with Gasteiger partial charge in [0, 0.05) is 22.4 Å². The smallest absolute Gasteiger partial charge is 0.0442 e. The first-order chi connectivity index (χ1) is 2.50. The zero-order valence-corrected chi connectivity index (χ0v) is 4.70. The molecular formula is C4H3CuS. The topological polar surface area (TPSA) is 0 Å². The zero-order chi connectivity index (χ0) is 3.54. The Kier molecular flexibility index (Phi) is 3.54. The second-order valence-electron chi connectivity index (χ2n) is 0.731. The molecule has 1 aromatic heterocycles. The molecule has 0 aromatic carbocycles. The van der Waals surface area contributed by atoms with Gasteiger partial charge in [0.15, 0.2) is 0 Å². The van der Waals surface area contributed by atoms with Gasteiger partial charge >= 0.3 is 0 Å². The summed E-state index contributed by atoms with van der Waals surface area (Å²) in [6, 6.07) is 3.86. The normalized spacial score (nSPS) is 6.67. The minimum atomic E-state index is 0. The molecule has 2 heteroatoms. The van der Waals surface area contributed by atoms with Crippen molar-refractivity contribution in [3.8, 4) is 0 Å². The molecule has 1 heterocycles. The maximum atomic E-state index is 2.90. The van der Waals surface area contributed by atoms with Gasteiger partial charge in [0.2, 0.25) is 0 Å². The third-order valence-electron chi connectivity index (χ3n) is 0.379. The van der Waals surface area contributed by atoms with E-state index in [1.807, 2.05) is 17.5 Å². The first kappa shape index (κ1) is 6.22. The number of rotatable bonds is 0. The largest absolute Gasteiger partial charge is 0.143 e. The first-order valence-electron chi connectivity index (χ1n) is 1.40. The van der Waals surface area contributed by atoms with E-state index in [9.17, 15) is 0 Å². The Morgan fingerprint density at radius 2 is 2.33 bits per heavy atom. The minimum absolute atomic E-state index is 0. The van der Waals surface area contributed by atoms with Gasteiger partial charge in [0.1, 0.15) is 0 Å². The van der Waals surface area contributed by atoms with E-state index >= 15 is 0 Å². The van der Waals surface area contributed by atoms with Crippen LogP contribution in [0, 0.1) is 5.38 Å². The van der Waals surface area contributed by atoms with Crippen LogP contribution in [-0.2, 0) is 17.1 Å². The molecule has 0 unspecified atom stereocenters. The van der Waals surface area contributed by atoms with Crippen molar-refractivity contribution in [2.24, 2.45) is 0 Å². The monoisotopic (exact) mass is 146 g/mol. The van der Waals surface area contributed by atoms with E-state index in [0.29, 0.717) is 0 Å². The van der Waals surface area contributed by atoms with Crippen molar-refractivity contribution in [2.45, 2.75) is 0 Å². The molecule has 1 aromatic rings. The van der Waals surface area contributed by atoms with E-state index < -0.39 is 0 Å². The van der Waals surface area contributed by atoms with Crippen LogP contribution in [0.4, 0.5) is 0 Å². The summed E-state index contributed by atoms with van der Waals surface area (Å²) in [5.74, 6) is 0. The Bertz CT molecular complexity index is 64.0. The van der Waals surface area contributed by atoms with Crippen LogP contribution in [-0.4, -0.2) is 0 Å². The van der Waals surface area contributed by atoms with E-state index in [-0.39, 0.29) is 17.1 Å². The van der Waals surface area contributed by atoms with Crippen LogP contribution in [0.5, 0.6) is 0 Å². The van der Waals surface area contributed by atoms with Crippen molar-refractivity contribution in [3.05, 3.63) is 22.9 Å². The molecule has 0 N–H and O–H groups in total. The van der Waals surface area contributed by atoms with Gasteiger partial charge in [-0.05, 0) is 11.4 Å². The summed E-state index contributed by atoms with van der Waals surface area (Å²) in [4.78, 5) is 0. The Morgan fingerprint density at radius 1 is 1.50 bits per heavy atom. The number of thiophene rings is 1. The quantitative estimate of drug-likeness (QED) is 0.488. The zero-order valence-electron chi connectivity index (χ0n) is 2.94. The Labute approximate surface area is 51.7 Å². The van der Waals surface area contributed by atoms with Crippen LogP contribution in [0.3, 0.4) is 0 Å². The summed E-state index contributed by atoms with van der Waals surface area (Å²) < 4.78 is 0. The maximum Gasteiger partial charge on any atom is 0.0442 e. The number of hydrogen-bond donors (Lipinski definition) is 0. The van der Waals surface area contributed by atoms with Gasteiger partial charge in [-0.25, -0.2) is 0 Å². The molecule has 0 nitrogen and oxygen atoms in total. The van der Waals surface area contributed by atoms with E-state index in [0.717, 1.165) is 0 Å². The Hall–Kier alpha value is 0.219. The summed E-state index contributed by atoms with van der Waals surface area (Å²) >= 11 is 1.59. The molecule has 0 atom stereocenters. The van der Waals surface area contributed by atoms with Crippen LogP contribution >= 0.6 is 11.3 Å². The van der Waals surface area contributed by atoms with Crippen LogP contribution in [0.25, 0.3) is 0 Å². The predicted molar refractivity (Wildman–Crippen MR) is 23.2 cm³/mol. The molecule has 36 valence electrons. The van der Waals surface area contributed by atoms with E-state index in [2.05, 4.69) is 5.38 Å². The molecule has 6 heavy (non-hydrogen) atoms. The van der Waals surface area contributed by atoms with E-state index in [4.69, 9.17) is 0 Å². The summed E-state index contributed by atoms with van der Waals surface area (Å²) in [5.41, 5.74) is 0. The van der Waals surface area contributed by atoms with Gasteiger partial charge in [-0.1, -0.05) is 6.07 Å². The fraction of sp³-hybridized carbons (Fsp3) is 0. The fourth-order valence-electron chi connectivity index (χ4n) is 0.196. The van der Waals surface area contributed by atoms with E-state index in [1.54, 1.807) is 11.3 Å². The third kappa shape index (κ3) is 1.61. The SMILES string of the molecule is [Cu].[c]1cccs1. The molecular weight excluding hydrogens is 144 g/mol. The van der Waals surface area contributed by atoms with Gasteiger partial charge in [-0.3, -0.25) is 0 Å². The van der Waals surface area contributed by atoms with Crippen molar-refractivity contribution >= 4 is 11.3 Å². The van der Waals surface area contributed by atoms with E-state index in [1.165, 1.54) is 0 Å². The van der Waals surface area contributed by atoms with Crippen LogP contribution in [0.15, 0.2) is 17.5 Å². The van der Waals surface area contributed by atoms with Gasteiger partial charge in [-0.15, -0.1) is 11.3 Å². The molecule has 0 fully saturated rings. The van der Waals surface area contributed by atoms with Crippen molar-refractivity contribution in [3.63, 3.8) is 0 Å². The fourth-order valence-corrected chi connectivity index (χ4v) is 0.589. The summed E-state index contributed by atoms with van der Waals surface area (Å²) in [6.45, 7) is 0. The van der Waals surface area contributed by atoms with Crippen molar-refractivity contribution in [1.29, 1.82) is 0 Å². The molecule has 0 aliphatic heterocycles. The van der Waals surface area contributed by atoms with Crippen LogP contribution in [0.2, 0.25) is 0 Å². The molecule has 0 saturated heterocycles. The van der Waals surface area contributed by atoms with Gasteiger partial charge < -0.3 is 0 Å². The molecule has 0 bridgehead atoms. The predicted octanol–water partition coefficient (Wildman–Crippen LogP) is 1.55. The molecule has 0 amide bonds.